The summed E-state index contributed by atoms with van der Waals surface area (Å²) in [6, 6.07) is 5.06. The van der Waals surface area contributed by atoms with Gasteiger partial charge in [0.1, 0.15) is 6.04 Å². The molecule has 0 bridgehead atoms. The van der Waals surface area contributed by atoms with Crippen molar-refractivity contribution < 1.29 is 19.2 Å². The summed E-state index contributed by atoms with van der Waals surface area (Å²) in [5.74, 6) is -0.154. The molecule has 1 aromatic rings. The number of carbonyl (C=O) groups is 3. The van der Waals surface area contributed by atoms with Crippen LogP contribution in [0.5, 0.6) is 0 Å². The molecule has 0 aliphatic carbocycles. The van der Waals surface area contributed by atoms with Crippen molar-refractivity contribution in [3.8, 4) is 0 Å². The maximum absolute atomic E-state index is 13.2. The van der Waals surface area contributed by atoms with E-state index in [1.165, 1.54) is 0 Å². The number of nitrogens with one attached hydrogen (secondary N) is 4. The first-order valence-electron chi connectivity index (χ1n) is 11.4. The first kappa shape index (κ1) is 22.7. The lowest BCUT2D eigenvalue weighted by molar-refractivity contribution is -0.140. The normalized spacial score (nSPS) is 32.4. The van der Waals surface area contributed by atoms with Gasteiger partial charge < -0.3 is 15.5 Å². The highest BCUT2D eigenvalue weighted by Gasteiger charge is 2.43. The van der Waals surface area contributed by atoms with Crippen LogP contribution >= 0.6 is 0 Å². The molecule has 174 valence electrons. The van der Waals surface area contributed by atoms with Crippen LogP contribution in [-0.2, 0) is 14.4 Å². The van der Waals surface area contributed by atoms with E-state index in [1.54, 1.807) is 6.07 Å². The Hall–Kier alpha value is -2.49. The zero-order valence-corrected chi connectivity index (χ0v) is 19.1. The van der Waals surface area contributed by atoms with Crippen LogP contribution in [0.1, 0.15) is 50.2 Å². The Bertz CT molecular complexity index is 906. The van der Waals surface area contributed by atoms with Crippen LogP contribution in [0.25, 0.3) is 0 Å². The minimum Gasteiger partial charge on any atom is -0.342 e. The van der Waals surface area contributed by atoms with E-state index < -0.39 is 18.0 Å². The number of hydroxylamine groups is 1. The van der Waals surface area contributed by atoms with Gasteiger partial charge in [0, 0.05) is 37.8 Å². The second-order valence-electron chi connectivity index (χ2n) is 9.46. The lowest BCUT2D eigenvalue weighted by Crippen LogP contribution is -2.57. The number of likely N-dealkylation sites (tertiary alicyclic amines) is 1. The quantitative estimate of drug-likeness (QED) is 0.565. The summed E-state index contributed by atoms with van der Waals surface area (Å²) in [5.41, 5.74) is 5.11. The van der Waals surface area contributed by atoms with Gasteiger partial charge in [0.05, 0.1) is 12.0 Å². The molecule has 3 fully saturated rings. The Morgan fingerprint density at radius 3 is 2.69 bits per heavy atom. The van der Waals surface area contributed by atoms with Gasteiger partial charge in [0.2, 0.25) is 11.8 Å². The van der Waals surface area contributed by atoms with Crippen molar-refractivity contribution in [3.05, 3.63) is 29.3 Å². The van der Waals surface area contributed by atoms with Crippen LogP contribution in [-0.4, -0.2) is 60.6 Å². The molecule has 3 aliphatic heterocycles. The molecule has 4 rings (SSSR count). The van der Waals surface area contributed by atoms with Gasteiger partial charge in [-0.2, -0.15) is 5.48 Å². The minimum atomic E-state index is -0.608. The lowest BCUT2D eigenvalue weighted by atomic mass is 9.75. The fourth-order valence-corrected chi connectivity index (χ4v) is 5.16. The summed E-state index contributed by atoms with van der Waals surface area (Å²) in [6.07, 6.45) is 2.17. The summed E-state index contributed by atoms with van der Waals surface area (Å²) >= 11 is 0. The van der Waals surface area contributed by atoms with Crippen molar-refractivity contribution in [1.29, 1.82) is 0 Å². The molecule has 3 heterocycles. The molecule has 0 spiro atoms. The molecule has 6 unspecified atom stereocenters. The van der Waals surface area contributed by atoms with Crippen LogP contribution in [0.4, 0.5) is 10.5 Å². The Balaban J connectivity index is 1.45. The number of amides is 4. The monoisotopic (exact) mass is 443 g/mol. The Kier molecular flexibility index (Phi) is 6.50. The molecule has 4 N–H and O–H groups in total. The minimum absolute atomic E-state index is 0.0817. The zero-order valence-electron chi connectivity index (χ0n) is 19.1. The number of rotatable bonds is 3. The number of carbonyl (C=O) groups excluding carboxylic acids is 3. The van der Waals surface area contributed by atoms with Gasteiger partial charge in [-0.15, -0.1) is 0 Å². The number of fused-ring (bicyclic) bond motifs is 1. The highest BCUT2D eigenvalue weighted by atomic mass is 16.7. The number of benzene rings is 1. The van der Waals surface area contributed by atoms with Crippen LogP contribution < -0.4 is 21.4 Å². The Morgan fingerprint density at radius 1 is 1.19 bits per heavy atom. The average molecular weight is 444 g/mol. The van der Waals surface area contributed by atoms with E-state index in [4.69, 9.17) is 4.84 Å². The smallest absolute Gasteiger partial charge is 0.325 e. The van der Waals surface area contributed by atoms with Gasteiger partial charge in [0.25, 0.3) is 0 Å². The maximum atomic E-state index is 13.2. The number of likely N-dealkylation sites (N-methyl/N-ethyl adjacent to an activating group) is 1. The van der Waals surface area contributed by atoms with Gasteiger partial charge >= 0.3 is 6.03 Å². The fraction of sp³-hybridized carbons (Fsp3) is 0.609. The SMILES string of the molecule is Cc1ccc(NC(=O)NC(=O)C2CC(C)ON2)cc1C1CC2CNC(C)CC2N(C)C1=O. The van der Waals surface area contributed by atoms with Crippen LogP contribution in [0.15, 0.2) is 18.2 Å². The number of nitrogens with zero attached hydrogens (tertiary/aromatic N) is 1. The average Bonchev–Trinajstić information content (AvgIpc) is 3.19. The van der Waals surface area contributed by atoms with Crippen molar-refractivity contribution in [2.45, 2.75) is 70.2 Å². The number of anilines is 1. The molecule has 6 atom stereocenters. The van der Waals surface area contributed by atoms with E-state index in [0.717, 1.165) is 30.5 Å². The van der Waals surface area contributed by atoms with Crippen molar-refractivity contribution in [2.75, 3.05) is 18.9 Å². The van der Waals surface area contributed by atoms with Crippen LogP contribution in [0.3, 0.4) is 0 Å². The number of aryl methyl sites for hydroxylation is 1. The number of hydrogen-bond donors (Lipinski definition) is 4. The summed E-state index contributed by atoms with van der Waals surface area (Å²) in [5, 5.41) is 8.61. The van der Waals surface area contributed by atoms with E-state index in [9.17, 15) is 14.4 Å². The number of piperidine rings is 2. The molecular weight excluding hydrogens is 410 g/mol. The maximum Gasteiger partial charge on any atom is 0.325 e. The Morgan fingerprint density at radius 2 is 1.97 bits per heavy atom. The van der Waals surface area contributed by atoms with E-state index >= 15 is 0 Å². The predicted molar refractivity (Wildman–Crippen MR) is 120 cm³/mol. The highest BCUT2D eigenvalue weighted by Crippen LogP contribution is 2.39. The predicted octanol–water partition coefficient (Wildman–Crippen LogP) is 1.64. The molecule has 32 heavy (non-hydrogen) atoms. The molecule has 0 radical (unpaired) electrons. The van der Waals surface area contributed by atoms with Crippen LogP contribution in [0.2, 0.25) is 0 Å². The molecule has 4 amide bonds. The van der Waals surface area contributed by atoms with Crippen LogP contribution in [0, 0.1) is 12.8 Å². The first-order chi connectivity index (χ1) is 15.2. The Labute approximate surface area is 188 Å². The van der Waals surface area contributed by atoms with Crippen molar-refractivity contribution in [2.24, 2.45) is 5.92 Å². The number of imide groups is 1. The number of hydrogen-bond acceptors (Lipinski definition) is 6. The third-order valence-corrected chi connectivity index (χ3v) is 6.99. The van der Waals surface area contributed by atoms with Crippen molar-refractivity contribution in [1.82, 2.24) is 21.0 Å². The topological polar surface area (TPSA) is 112 Å². The molecular formula is C23H33N5O4. The van der Waals surface area contributed by atoms with E-state index in [2.05, 4.69) is 28.4 Å². The standard InChI is InChI=1S/C23H33N5O4/c1-12-5-6-16(25-23(31)26-21(29)19-8-14(3)32-27-19)10-17(12)18-9-15-11-24-13(2)7-20(15)28(4)22(18)30/h5-6,10,13-15,18-20,24,27H,7-9,11H2,1-4H3,(H2,25,26,29,31). The van der Waals surface area contributed by atoms with Crippen molar-refractivity contribution in [3.63, 3.8) is 0 Å². The lowest BCUT2D eigenvalue weighted by Gasteiger charge is -2.47. The summed E-state index contributed by atoms with van der Waals surface area (Å²) in [4.78, 5) is 44.9. The number of urea groups is 1. The van der Waals surface area contributed by atoms with Gasteiger partial charge in [-0.05, 0) is 62.8 Å². The van der Waals surface area contributed by atoms with Gasteiger partial charge in [-0.3, -0.25) is 19.7 Å². The highest BCUT2D eigenvalue weighted by molar-refractivity contribution is 6.03. The summed E-state index contributed by atoms with van der Waals surface area (Å²) in [6.45, 7) is 6.89. The molecule has 0 saturated carbocycles. The van der Waals surface area contributed by atoms with Gasteiger partial charge in [0.15, 0.2) is 0 Å². The van der Waals surface area contributed by atoms with E-state index in [0.29, 0.717) is 24.1 Å². The van der Waals surface area contributed by atoms with Crippen molar-refractivity contribution >= 4 is 23.5 Å². The van der Waals surface area contributed by atoms with Gasteiger partial charge in [-0.25, -0.2) is 4.79 Å². The third-order valence-electron chi connectivity index (χ3n) is 6.99. The molecule has 0 aromatic heterocycles. The van der Waals surface area contributed by atoms with E-state index in [-0.39, 0.29) is 24.0 Å². The third kappa shape index (κ3) is 4.65. The van der Waals surface area contributed by atoms with E-state index in [1.807, 2.05) is 37.9 Å². The molecule has 3 saturated heterocycles. The first-order valence-corrected chi connectivity index (χ1v) is 11.4. The fourth-order valence-electron chi connectivity index (χ4n) is 5.16. The summed E-state index contributed by atoms with van der Waals surface area (Å²) in [7, 11) is 1.91. The second kappa shape index (κ2) is 9.17. The molecule has 3 aliphatic rings. The molecule has 9 nitrogen and oxygen atoms in total. The summed E-state index contributed by atoms with van der Waals surface area (Å²) < 4.78 is 0. The largest absolute Gasteiger partial charge is 0.342 e. The zero-order chi connectivity index (χ0) is 23.0. The molecule has 9 heteroatoms. The molecule has 1 aromatic carbocycles. The van der Waals surface area contributed by atoms with Gasteiger partial charge in [-0.1, -0.05) is 6.07 Å². The second-order valence-corrected chi connectivity index (χ2v) is 9.46.